The van der Waals surface area contributed by atoms with Gasteiger partial charge in [0.25, 0.3) is 0 Å². The van der Waals surface area contributed by atoms with Crippen LogP contribution in [0.2, 0.25) is 0 Å². The van der Waals surface area contributed by atoms with Crippen LogP contribution in [0.4, 0.5) is 10.5 Å². The molecule has 1 aliphatic heterocycles. The van der Waals surface area contributed by atoms with E-state index in [9.17, 15) is 9.59 Å². The maximum absolute atomic E-state index is 13.6. The zero-order valence-corrected chi connectivity index (χ0v) is 21.2. The molecule has 1 saturated heterocycles. The van der Waals surface area contributed by atoms with E-state index in [0.717, 1.165) is 18.4 Å². The van der Waals surface area contributed by atoms with Crippen LogP contribution >= 0.6 is 0 Å². The van der Waals surface area contributed by atoms with Crippen LogP contribution in [0.5, 0.6) is 11.5 Å². The lowest BCUT2D eigenvalue weighted by atomic mass is 10.2. The molecule has 37 heavy (non-hydrogen) atoms. The molecule has 0 bridgehead atoms. The Morgan fingerprint density at radius 3 is 2.35 bits per heavy atom. The normalized spacial score (nSPS) is 14.7. The average molecular weight is 508 g/mol. The third-order valence-electron chi connectivity index (χ3n) is 6.16. The highest BCUT2D eigenvalue weighted by molar-refractivity contribution is 5.92. The number of carbonyl (C=O) groups excluding carboxylic acids is 2. The van der Waals surface area contributed by atoms with Crippen molar-refractivity contribution in [1.29, 1.82) is 0 Å². The van der Waals surface area contributed by atoms with Crippen LogP contribution < -0.4 is 14.8 Å². The number of amides is 3. The molecule has 3 amide bonds. The Morgan fingerprint density at radius 2 is 1.73 bits per heavy atom. The number of hydrogen-bond acceptors (Lipinski definition) is 6. The minimum atomic E-state index is -0.406. The number of hydrogen-bond donors (Lipinski definition) is 1. The van der Waals surface area contributed by atoms with Crippen LogP contribution in [0.1, 0.15) is 24.2 Å². The number of ether oxygens (including phenoxy) is 3. The number of carbonyl (C=O) groups is 2. The van der Waals surface area contributed by atoms with E-state index in [4.69, 9.17) is 18.6 Å². The highest BCUT2D eigenvalue weighted by atomic mass is 16.5. The molecule has 1 atom stereocenters. The monoisotopic (exact) mass is 507 g/mol. The van der Waals surface area contributed by atoms with Crippen LogP contribution in [0.25, 0.3) is 0 Å². The van der Waals surface area contributed by atoms with E-state index in [1.165, 1.54) is 4.90 Å². The maximum atomic E-state index is 13.6. The summed E-state index contributed by atoms with van der Waals surface area (Å²) in [6, 6.07) is 18.1. The second-order valence-corrected chi connectivity index (χ2v) is 8.86. The van der Waals surface area contributed by atoms with E-state index in [2.05, 4.69) is 5.32 Å². The number of urea groups is 1. The van der Waals surface area contributed by atoms with Crippen LogP contribution in [-0.4, -0.2) is 61.8 Å². The smallest absolute Gasteiger partial charge is 0.322 e. The van der Waals surface area contributed by atoms with Crippen LogP contribution in [0.15, 0.2) is 71.3 Å². The lowest BCUT2D eigenvalue weighted by Gasteiger charge is -2.29. The minimum Gasteiger partial charge on any atom is -0.497 e. The Morgan fingerprint density at radius 1 is 0.973 bits per heavy atom. The molecule has 0 saturated carbocycles. The standard InChI is InChI=1S/C28H33N3O6/c1-34-25-14-22(15-26(16-25)35-2)29-28(33)31(19-24-11-7-13-37-24)20-27(32)30(18-23-10-6-12-36-23)17-21-8-4-3-5-9-21/h3-6,8-10,12,14-16,24H,7,11,13,17-20H2,1-2H3,(H,29,33). The van der Waals surface area contributed by atoms with Gasteiger partial charge >= 0.3 is 6.03 Å². The summed E-state index contributed by atoms with van der Waals surface area (Å²) in [5.74, 6) is 1.56. The van der Waals surface area contributed by atoms with Crippen LogP contribution in [0, 0.1) is 0 Å². The van der Waals surface area contributed by atoms with Crippen molar-refractivity contribution in [3.8, 4) is 11.5 Å². The highest BCUT2D eigenvalue weighted by Crippen LogP contribution is 2.26. The summed E-state index contributed by atoms with van der Waals surface area (Å²) in [5, 5.41) is 2.89. The molecule has 0 radical (unpaired) electrons. The number of furan rings is 1. The number of anilines is 1. The summed E-state index contributed by atoms with van der Waals surface area (Å²) >= 11 is 0. The fraction of sp³-hybridized carbons (Fsp3) is 0.357. The Balaban J connectivity index is 1.52. The predicted octanol–water partition coefficient (Wildman–Crippen LogP) is 4.54. The lowest BCUT2D eigenvalue weighted by Crippen LogP contribution is -2.46. The van der Waals surface area contributed by atoms with Gasteiger partial charge in [0.05, 0.1) is 33.1 Å². The van der Waals surface area contributed by atoms with Crippen molar-refractivity contribution in [2.24, 2.45) is 0 Å². The molecule has 2 aromatic carbocycles. The van der Waals surface area contributed by atoms with Gasteiger partial charge in [0.2, 0.25) is 5.91 Å². The molecule has 0 spiro atoms. The molecule has 4 rings (SSSR count). The molecule has 9 nitrogen and oxygen atoms in total. The zero-order valence-electron chi connectivity index (χ0n) is 21.2. The van der Waals surface area contributed by atoms with E-state index in [0.29, 0.717) is 49.2 Å². The lowest BCUT2D eigenvalue weighted by molar-refractivity contribution is -0.133. The Labute approximate surface area is 216 Å². The van der Waals surface area contributed by atoms with Gasteiger partial charge in [-0.05, 0) is 30.5 Å². The van der Waals surface area contributed by atoms with Gasteiger partial charge in [0.1, 0.15) is 23.8 Å². The fourth-order valence-corrected chi connectivity index (χ4v) is 4.23. The summed E-state index contributed by atoms with van der Waals surface area (Å²) in [7, 11) is 3.09. The third kappa shape index (κ3) is 7.50. The average Bonchev–Trinajstić information content (AvgIpc) is 3.63. The number of rotatable bonds is 11. The Hall–Kier alpha value is -3.98. The molecular formula is C28H33N3O6. The molecular weight excluding hydrogens is 474 g/mol. The van der Waals surface area contributed by atoms with Gasteiger partial charge in [0.15, 0.2) is 0 Å². The first kappa shape index (κ1) is 26.1. The van der Waals surface area contributed by atoms with Gasteiger partial charge in [-0.3, -0.25) is 4.79 Å². The van der Waals surface area contributed by atoms with Crippen molar-refractivity contribution in [2.75, 3.05) is 39.2 Å². The van der Waals surface area contributed by atoms with Crippen molar-refractivity contribution in [3.63, 3.8) is 0 Å². The SMILES string of the molecule is COc1cc(NC(=O)N(CC(=O)N(Cc2ccccc2)Cc2ccco2)CC2CCCO2)cc(OC)c1. The van der Waals surface area contributed by atoms with Gasteiger partial charge in [-0.25, -0.2) is 4.79 Å². The number of nitrogens with zero attached hydrogens (tertiary/aromatic N) is 2. The van der Waals surface area contributed by atoms with Gasteiger partial charge in [-0.2, -0.15) is 0 Å². The van der Waals surface area contributed by atoms with Crippen molar-refractivity contribution in [3.05, 3.63) is 78.3 Å². The summed E-state index contributed by atoms with van der Waals surface area (Å²) in [6.07, 6.45) is 3.23. The first-order valence-corrected chi connectivity index (χ1v) is 12.3. The maximum Gasteiger partial charge on any atom is 0.322 e. The van der Waals surface area contributed by atoms with Gasteiger partial charge in [-0.1, -0.05) is 30.3 Å². The number of nitrogens with one attached hydrogen (secondary N) is 1. The molecule has 1 aromatic heterocycles. The second kappa shape index (κ2) is 12.8. The molecule has 1 unspecified atom stereocenters. The summed E-state index contributed by atoms with van der Waals surface area (Å²) in [6.45, 7) is 1.53. The van der Waals surface area contributed by atoms with E-state index in [1.807, 2.05) is 36.4 Å². The van der Waals surface area contributed by atoms with E-state index >= 15 is 0 Å². The van der Waals surface area contributed by atoms with E-state index in [-0.39, 0.29) is 18.6 Å². The Bertz CT molecular complexity index is 1120. The minimum absolute atomic E-state index is 0.111. The molecule has 9 heteroatoms. The summed E-state index contributed by atoms with van der Waals surface area (Å²) in [5.41, 5.74) is 1.49. The van der Waals surface area contributed by atoms with Crippen molar-refractivity contribution in [2.45, 2.75) is 32.0 Å². The fourth-order valence-electron chi connectivity index (χ4n) is 4.23. The van der Waals surface area contributed by atoms with Crippen LogP contribution in [0.3, 0.4) is 0 Å². The molecule has 2 heterocycles. The Kier molecular flexibility index (Phi) is 9.04. The quantitative estimate of drug-likeness (QED) is 0.410. The predicted molar refractivity (Wildman–Crippen MR) is 139 cm³/mol. The zero-order chi connectivity index (χ0) is 26.0. The van der Waals surface area contributed by atoms with Crippen LogP contribution in [-0.2, 0) is 22.6 Å². The molecule has 1 fully saturated rings. The first-order chi connectivity index (χ1) is 18.0. The van der Waals surface area contributed by atoms with E-state index < -0.39 is 6.03 Å². The highest BCUT2D eigenvalue weighted by Gasteiger charge is 2.27. The van der Waals surface area contributed by atoms with Gasteiger partial charge < -0.3 is 33.7 Å². The topological polar surface area (TPSA) is 93.5 Å². The second-order valence-electron chi connectivity index (χ2n) is 8.86. The van der Waals surface area contributed by atoms with Crippen molar-refractivity contribution in [1.82, 2.24) is 9.80 Å². The summed E-state index contributed by atoms with van der Waals surface area (Å²) < 4.78 is 21.9. The van der Waals surface area contributed by atoms with Gasteiger partial charge in [0, 0.05) is 43.6 Å². The molecule has 1 N–H and O–H groups in total. The molecule has 0 aliphatic carbocycles. The summed E-state index contributed by atoms with van der Waals surface area (Å²) in [4.78, 5) is 30.2. The molecule has 1 aliphatic rings. The first-order valence-electron chi connectivity index (χ1n) is 12.3. The van der Waals surface area contributed by atoms with Gasteiger partial charge in [-0.15, -0.1) is 0 Å². The molecule has 3 aromatic rings. The van der Waals surface area contributed by atoms with E-state index in [1.54, 1.807) is 49.6 Å². The molecule has 196 valence electrons. The number of benzene rings is 2. The van der Waals surface area contributed by atoms with Crippen molar-refractivity contribution >= 4 is 17.6 Å². The van der Waals surface area contributed by atoms with Crippen molar-refractivity contribution < 1.29 is 28.2 Å². The number of methoxy groups -OCH3 is 2. The third-order valence-corrected chi connectivity index (χ3v) is 6.16. The largest absolute Gasteiger partial charge is 0.497 e.